The summed E-state index contributed by atoms with van der Waals surface area (Å²) in [7, 11) is 0. The summed E-state index contributed by atoms with van der Waals surface area (Å²) in [6.45, 7) is 5.91. The molecule has 0 spiro atoms. The molecule has 2 unspecified atom stereocenters. The van der Waals surface area contributed by atoms with Crippen LogP contribution in [0.5, 0.6) is 0 Å². The zero-order chi connectivity index (χ0) is 13.9. The molecule has 0 radical (unpaired) electrons. The highest BCUT2D eigenvalue weighted by Gasteiger charge is 2.35. The number of carbonyl (C=O) groups is 1. The van der Waals surface area contributed by atoms with Crippen molar-refractivity contribution in [3.05, 3.63) is 35.9 Å². The van der Waals surface area contributed by atoms with E-state index in [0.29, 0.717) is 0 Å². The molecule has 2 atom stereocenters. The van der Waals surface area contributed by atoms with E-state index in [4.69, 9.17) is 0 Å². The standard InChI is InChI=1S/C15H19N3OS/c1-11(12-5-3-2-4-6-12)13-14(19)17-15(20-13)18-9-7-16-8-10-18/h2-6,11,13,16H,7-10H2,1H3. The Morgan fingerprint density at radius 2 is 2.00 bits per heavy atom. The van der Waals surface area contributed by atoms with Gasteiger partial charge in [-0.15, -0.1) is 0 Å². The van der Waals surface area contributed by atoms with Gasteiger partial charge >= 0.3 is 0 Å². The lowest BCUT2D eigenvalue weighted by Crippen LogP contribution is -2.45. The summed E-state index contributed by atoms with van der Waals surface area (Å²) in [4.78, 5) is 18.7. The predicted octanol–water partition coefficient (Wildman–Crippen LogP) is 1.69. The van der Waals surface area contributed by atoms with Crippen LogP contribution in [0.1, 0.15) is 18.4 Å². The van der Waals surface area contributed by atoms with Crippen molar-refractivity contribution in [3.8, 4) is 0 Å². The topological polar surface area (TPSA) is 44.7 Å². The second-order valence-corrected chi connectivity index (χ2v) is 6.32. The SMILES string of the molecule is CC(c1ccccc1)C1SC(N2CCNCC2)=NC1=O. The quantitative estimate of drug-likeness (QED) is 0.900. The Hall–Kier alpha value is -1.33. The van der Waals surface area contributed by atoms with E-state index in [1.165, 1.54) is 5.56 Å². The number of rotatable bonds is 2. The number of hydrogen-bond donors (Lipinski definition) is 1. The average Bonchev–Trinajstić information content (AvgIpc) is 2.90. The van der Waals surface area contributed by atoms with Crippen molar-refractivity contribution in [2.45, 2.75) is 18.1 Å². The van der Waals surface area contributed by atoms with Gasteiger partial charge in [0, 0.05) is 32.1 Å². The normalized spacial score (nSPS) is 24.6. The fourth-order valence-electron chi connectivity index (χ4n) is 2.60. The van der Waals surface area contributed by atoms with E-state index in [9.17, 15) is 4.79 Å². The molecule has 5 heteroatoms. The Labute approximate surface area is 123 Å². The summed E-state index contributed by atoms with van der Waals surface area (Å²) in [6.07, 6.45) is 0. The van der Waals surface area contributed by atoms with Gasteiger partial charge in [-0.25, -0.2) is 0 Å². The fourth-order valence-corrected chi connectivity index (χ4v) is 3.81. The third kappa shape index (κ3) is 2.74. The van der Waals surface area contributed by atoms with Crippen LogP contribution in [0.4, 0.5) is 0 Å². The number of amidine groups is 1. The molecule has 1 saturated heterocycles. The summed E-state index contributed by atoms with van der Waals surface area (Å²) in [5.41, 5.74) is 1.20. The van der Waals surface area contributed by atoms with Gasteiger partial charge in [0.2, 0.25) is 0 Å². The van der Waals surface area contributed by atoms with Crippen LogP contribution in [0.3, 0.4) is 0 Å². The van der Waals surface area contributed by atoms with Crippen LogP contribution in [0.15, 0.2) is 35.3 Å². The van der Waals surface area contributed by atoms with E-state index < -0.39 is 0 Å². The second kappa shape index (κ2) is 5.97. The van der Waals surface area contributed by atoms with Crippen molar-refractivity contribution in [3.63, 3.8) is 0 Å². The largest absolute Gasteiger partial charge is 0.349 e. The molecule has 2 aliphatic rings. The average molecular weight is 289 g/mol. The predicted molar refractivity (Wildman–Crippen MR) is 83.1 cm³/mol. The molecular formula is C15H19N3OS. The van der Waals surface area contributed by atoms with Gasteiger partial charge in [0.1, 0.15) is 5.25 Å². The molecule has 1 amide bonds. The number of carbonyl (C=O) groups excluding carboxylic acids is 1. The van der Waals surface area contributed by atoms with Gasteiger partial charge in [0.05, 0.1) is 0 Å². The molecule has 1 aromatic rings. The lowest BCUT2D eigenvalue weighted by molar-refractivity contribution is -0.117. The maximum Gasteiger partial charge on any atom is 0.262 e. The Bertz CT molecular complexity index is 511. The lowest BCUT2D eigenvalue weighted by atomic mass is 9.97. The first-order valence-electron chi connectivity index (χ1n) is 7.05. The molecule has 0 bridgehead atoms. The van der Waals surface area contributed by atoms with E-state index in [1.807, 2.05) is 18.2 Å². The first kappa shape index (κ1) is 13.6. The maximum atomic E-state index is 12.2. The fraction of sp³-hybridized carbons (Fsp3) is 0.467. The number of hydrogen-bond acceptors (Lipinski definition) is 4. The number of piperazine rings is 1. The van der Waals surface area contributed by atoms with Crippen molar-refractivity contribution in [2.75, 3.05) is 26.2 Å². The van der Waals surface area contributed by atoms with Crippen LogP contribution >= 0.6 is 11.8 Å². The molecular weight excluding hydrogens is 270 g/mol. The zero-order valence-corrected chi connectivity index (χ0v) is 12.4. The maximum absolute atomic E-state index is 12.2. The van der Waals surface area contributed by atoms with Gasteiger partial charge in [0.25, 0.3) is 5.91 Å². The Morgan fingerprint density at radius 1 is 1.30 bits per heavy atom. The van der Waals surface area contributed by atoms with Crippen LogP contribution < -0.4 is 5.32 Å². The van der Waals surface area contributed by atoms with Crippen molar-refractivity contribution in [1.29, 1.82) is 0 Å². The minimum Gasteiger partial charge on any atom is -0.349 e. The molecule has 0 aromatic heterocycles. The summed E-state index contributed by atoms with van der Waals surface area (Å²) >= 11 is 1.63. The number of thioether (sulfide) groups is 1. The summed E-state index contributed by atoms with van der Waals surface area (Å²) in [5, 5.41) is 4.14. The van der Waals surface area contributed by atoms with Gasteiger partial charge in [-0.05, 0) is 5.56 Å². The van der Waals surface area contributed by atoms with Crippen molar-refractivity contribution < 1.29 is 4.79 Å². The number of aliphatic imine (C=N–C) groups is 1. The lowest BCUT2D eigenvalue weighted by Gasteiger charge is -2.28. The zero-order valence-electron chi connectivity index (χ0n) is 11.6. The van der Waals surface area contributed by atoms with Crippen molar-refractivity contribution >= 4 is 22.8 Å². The minimum atomic E-state index is -0.0812. The second-order valence-electron chi connectivity index (χ2n) is 5.21. The molecule has 3 rings (SSSR count). The molecule has 0 saturated carbocycles. The number of benzene rings is 1. The van der Waals surface area contributed by atoms with E-state index in [0.717, 1.165) is 31.3 Å². The van der Waals surface area contributed by atoms with Gasteiger partial charge < -0.3 is 10.2 Å². The van der Waals surface area contributed by atoms with Crippen molar-refractivity contribution in [1.82, 2.24) is 10.2 Å². The Morgan fingerprint density at radius 3 is 2.70 bits per heavy atom. The van der Waals surface area contributed by atoms with E-state index in [-0.39, 0.29) is 17.1 Å². The van der Waals surface area contributed by atoms with Crippen molar-refractivity contribution in [2.24, 2.45) is 4.99 Å². The minimum absolute atomic E-state index is 0.0138. The highest BCUT2D eigenvalue weighted by atomic mass is 32.2. The van der Waals surface area contributed by atoms with E-state index in [2.05, 4.69) is 34.3 Å². The third-order valence-electron chi connectivity index (χ3n) is 3.85. The first-order chi connectivity index (χ1) is 9.75. The summed E-state index contributed by atoms with van der Waals surface area (Å²) in [6, 6.07) is 10.2. The molecule has 2 heterocycles. The Balaban J connectivity index is 1.70. The van der Waals surface area contributed by atoms with Crippen LogP contribution in [0.2, 0.25) is 0 Å². The molecule has 1 fully saturated rings. The van der Waals surface area contributed by atoms with Crippen LogP contribution in [0.25, 0.3) is 0 Å². The molecule has 106 valence electrons. The molecule has 4 nitrogen and oxygen atoms in total. The summed E-state index contributed by atoms with van der Waals surface area (Å²) in [5.74, 6) is 0.206. The monoisotopic (exact) mass is 289 g/mol. The van der Waals surface area contributed by atoms with E-state index in [1.54, 1.807) is 11.8 Å². The van der Waals surface area contributed by atoms with Gasteiger partial charge in [-0.2, -0.15) is 4.99 Å². The van der Waals surface area contributed by atoms with Crippen LogP contribution in [-0.2, 0) is 4.79 Å². The molecule has 1 aromatic carbocycles. The molecule has 1 N–H and O–H groups in total. The smallest absolute Gasteiger partial charge is 0.262 e. The number of nitrogens with one attached hydrogen (secondary N) is 1. The molecule has 20 heavy (non-hydrogen) atoms. The highest BCUT2D eigenvalue weighted by molar-refractivity contribution is 8.15. The van der Waals surface area contributed by atoms with E-state index >= 15 is 0 Å². The number of amides is 1. The van der Waals surface area contributed by atoms with Crippen LogP contribution in [0, 0.1) is 0 Å². The van der Waals surface area contributed by atoms with Gasteiger partial charge in [-0.3, -0.25) is 4.79 Å². The highest BCUT2D eigenvalue weighted by Crippen LogP contribution is 2.35. The van der Waals surface area contributed by atoms with Gasteiger partial charge in [-0.1, -0.05) is 49.0 Å². The third-order valence-corrected chi connectivity index (χ3v) is 5.27. The van der Waals surface area contributed by atoms with Crippen LogP contribution in [-0.4, -0.2) is 47.4 Å². The number of nitrogens with zero attached hydrogens (tertiary/aromatic N) is 2. The summed E-state index contributed by atoms with van der Waals surface area (Å²) < 4.78 is 0. The van der Waals surface area contributed by atoms with Gasteiger partial charge in [0.15, 0.2) is 5.17 Å². The molecule has 0 aliphatic carbocycles. The Kier molecular flexibility index (Phi) is 4.08. The molecule has 2 aliphatic heterocycles. The first-order valence-corrected chi connectivity index (χ1v) is 7.93.